The van der Waals surface area contributed by atoms with Crippen molar-refractivity contribution < 1.29 is 9.32 Å². The molecule has 7 heteroatoms. The van der Waals surface area contributed by atoms with Crippen molar-refractivity contribution in [1.82, 2.24) is 24.9 Å². The maximum atomic E-state index is 12.9. The molecule has 1 unspecified atom stereocenters. The molecule has 0 spiro atoms. The number of hydrogen-bond acceptors (Lipinski definition) is 6. The first kappa shape index (κ1) is 17.5. The van der Waals surface area contributed by atoms with Crippen LogP contribution in [0.1, 0.15) is 48.4 Å². The van der Waals surface area contributed by atoms with Gasteiger partial charge >= 0.3 is 0 Å². The summed E-state index contributed by atoms with van der Waals surface area (Å²) in [6.45, 7) is 9.32. The summed E-state index contributed by atoms with van der Waals surface area (Å²) in [6.07, 6.45) is 4.22. The van der Waals surface area contributed by atoms with Crippen LogP contribution >= 0.6 is 0 Å². The molecule has 1 fully saturated rings. The highest BCUT2D eigenvalue weighted by atomic mass is 16.5. The third-order valence-electron chi connectivity index (χ3n) is 4.35. The molecular formula is C18H25N5O2. The number of pyridine rings is 1. The van der Waals surface area contributed by atoms with Gasteiger partial charge in [-0.25, -0.2) is 0 Å². The Balaban J connectivity index is 1.85. The van der Waals surface area contributed by atoms with Gasteiger partial charge in [-0.05, 0) is 31.4 Å². The summed E-state index contributed by atoms with van der Waals surface area (Å²) in [7, 11) is 0. The van der Waals surface area contributed by atoms with E-state index in [1.54, 1.807) is 24.5 Å². The zero-order valence-electron chi connectivity index (χ0n) is 15.1. The van der Waals surface area contributed by atoms with Crippen LogP contribution in [0.3, 0.4) is 0 Å². The summed E-state index contributed by atoms with van der Waals surface area (Å²) in [6, 6.07) is 3.44. The van der Waals surface area contributed by atoms with Crippen molar-refractivity contribution in [2.75, 3.05) is 26.2 Å². The number of amides is 1. The largest absolute Gasteiger partial charge is 0.338 e. The van der Waals surface area contributed by atoms with Crippen LogP contribution in [0.5, 0.6) is 0 Å². The lowest BCUT2D eigenvalue weighted by atomic mass is 10.1. The van der Waals surface area contributed by atoms with Gasteiger partial charge in [0.25, 0.3) is 5.91 Å². The van der Waals surface area contributed by atoms with Gasteiger partial charge in [0.05, 0.1) is 0 Å². The normalized spacial score (nSPS) is 19.2. The second-order valence-corrected chi connectivity index (χ2v) is 6.93. The van der Waals surface area contributed by atoms with Gasteiger partial charge in [-0.1, -0.05) is 19.0 Å². The SMILES string of the molecule is Cc1noc(C2CN(C(=O)c3ccncc3)CCCN2CC(C)C)n1. The van der Waals surface area contributed by atoms with Crippen LogP contribution in [0.4, 0.5) is 0 Å². The molecule has 2 aromatic heterocycles. The molecule has 1 saturated heterocycles. The molecule has 1 amide bonds. The first-order valence-electron chi connectivity index (χ1n) is 8.78. The number of carbonyl (C=O) groups excluding carboxylic acids is 1. The van der Waals surface area contributed by atoms with Crippen LogP contribution in [-0.2, 0) is 0 Å². The molecule has 1 atom stereocenters. The highest BCUT2D eigenvalue weighted by molar-refractivity contribution is 5.94. The molecule has 25 heavy (non-hydrogen) atoms. The molecule has 0 aliphatic carbocycles. The Morgan fingerprint density at radius 3 is 2.72 bits per heavy atom. The Labute approximate surface area is 148 Å². The second kappa shape index (κ2) is 7.74. The van der Waals surface area contributed by atoms with E-state index < -0.39 is 0 Å². The number of hydrogen-bond donors (Lipinski definition) is 0. The first-order chi connectivity index (χ1) is 12.0. The van der Waals surface area contributed by atoms with Gasteiger partial charge in [0, 0.05) is 44.1 Å². The van der Waals surface area contributed by atoms with Crippen LogP contribution < -0.4 is 0 Å². The minimum absolute atomic E-state index is 0.0232. The van der Waals surface area contributed by atoms with E-state index in [4.69, 9.17) is 4.52 Å². The third kappa shape index (κ3) is 4.22. The Morgan fingerprint density at radius 1 is 1.32 bits per heavy atom. The summed E-state index contributed by atoms with van der Waals surface area (Å²) in [5.74, 6) is 1.76. The van der Waals surface area contributed by atoms with Gasteiger partial charge < -0.3 is 9.42 Å². The monoisotopic (exact) mass is 343 g/mol. The minimum atomic E-state index is -0.0723. The molecule has 0 bridgehead atoms. The van der Waals surface area contributed by atoms with Crippen molar-refractivity contribution in [3.63, 3.8) is 0 Å². The van der Waals surface area contributed by atoms with Gasteiger partial charge in [-0.2, -0.15) is 4.98 Å². The topological polar surface area (TPSA) is 75.4 Å². The molecule has 1 aliphatic heterocycles. The molecule has 3 rings (SSSR count). The van der Waals surface area contributed by atoms with Crippen molar-refractivity contribution in [2.45, 2.75) is 33.2 Å². The Hall–Kier alpha value is -2.28. The van der Waals surface area contributed by atoms with Crippen molar-refractivity contribution in [3.05, 3.63) is 41.8 Å². The van der Waals surface area contributed by atoms with E-state index in [9.17, 15) is 4.79 Å². The van der Waals surface area contributed by atoms with Crippen LogP contribution in [-0.4, -0.2) is 57.0 Å². The highest BCUT2D eigenvalue weighted by Gasteiger charge is 2.32. The van der Waals surface area contributed by atoms with Gasteiger partial charge in [0.15, 0.2) is 5.82 Å². The zero-order chi connectivity index (χ0) is 17.8. The minimum Gasteiger partial charge on any atom is -0.338 e. The van der Waals surface area contributed by atoms with E-state index >= 15 is 0 Å². The van der Waals surface area contributed by atoms with E-state index in [2.05, 4.69) is 33.9 Å². The molecule has 1 aliphatic rings. The van der Waals surface area contributed by atoms with Crippen molar-refractivity contribution in [3.8, 4) is 0 Å². The summed E-state index contributed by atoms with van der Waals surface area (Å²) in [4.78, 5) is 25.5. The number of nitrogens with zero attached hydrogens (tertiary/aromatic N) is 5. The fraction of sp³-hybridized carbons (Fsp3) is 0.556. The van der Waals surface area contributed by atoms with E-state index in [0.29, 0.717) is 29.7 Å². The zero-order valence-corrected chi connectivity index (χ0v) is 15.1. The lowest BCUT2D eigenvalue weighted by molar-refractivity contribution is 0.0708. The number of aromatic nitrogens is 3. The summed E-state index contributed by atoms with van der Waals surface area (Å²) >= 11 is 0. The van der Waals surface area contributed by atoms with Crippen LogP contribution in [0.25, 0.3) is 0 Å². The van der Waals surface area contributed by atoms with Crippen molar-refractivity contribution >= 4 is 5.91 Å². The van der Waals surface area contributed by atoms with E-state index in [1.165, 1.54) is 0 Å². The predicted octanol–water partition coefficient (Wildman–Crippen LogP) is 2.32. The summed E-state index contributed by atoms with van der Waals surface area (Å²) < 4.78 is 5.45. The maximum absolute atomic E-state index is 12.9. The molecule has 0 aromatic carbocycles. The Bertz CT molecular complexity index is 701. The standard InChI is InChI=1S/C18H25N5O2/c1-13(2)11-22-9-4-10-23(18(24)15-5-7-19-8-6-15)12-16(22)17-20-14(3)21-25-17/h5-8,13,16H,4,9-12H2,1-3H3. The van der Waals surface area contributed by atoms with E-state index in [1.807, 2.05) is 11.8 Å². The molecule has 2 aromatic rings. The van der Waals surface area contributed by atoms with E-state index in [-0.39, 0.29) is 11.9 Å². The molecule has 0 saturated carbocycles. The molecule has 0 radical (unpaired) electrons. The van der Waals surface area contributed by atoms with Gasteiger partial charge in [0.2, 0.25) is 5.89 Å². The molecular weight excluding hydrogens is 318 g/mol. The maximum Gasteiger partial charge on any atom is 0.254 e. The fourth-order valence-corrected chi connectivity index (χ4v) is 3.27. The number of carbonyl (C=O) groups is 1. The molecule has 7 nitrogen and oxygen atoms in total. The number of rotatable bonds is 4. The summed E-state index contributed by atoms with van der Waals surface area (Å²) in [5, 5.41) is 3.94. The molecule has 0 N–H and O–H groups in total. The van der Waals surface area contributed by atoms with Crippen molar-refractivity contribution in [1.29, 1.82) is 0 Å². The average molecular weight is 343 g/mol. The van der Waals surface area contributed by atoms with Crippen molar-refractivity contribution in [2.24, 2.45) is 5.92 Å². The molecule has 134 valence electrons. The van der Waals surface area contributed by atoms with Crippen LogP contribution in [0.15, 0.2) is 29.0 Å². The van der Waals surface area contributed by atoms with Gasteiger partial charge in [-0.15, -0.1) is 0 Å². The average Bonchev–Trinajstić information content (AvgIpc) is 2.92. The fourth-order valence-electron chi connectivity index (χ4n) is 3.27. The smallest absolute Gasteiger partial charge is 0.254 e. The highest BCUT2D eigenvalue weighted by Crippen LogP contribution is 2.25. The lowest BCUT2D eigenvalue weighted by Crippen LogP contribution is -2.39. The third-order valence-corrected chi connectivity index (χ3v) is 4.35. The van der Waals surface area contributed by atoms with Gasteiger partial charge in [0.1, 0.15) is 6.04 Å². The van der Waals surface area contributed by atoms with E-state index in [0.717, 1.165) is 26.1 Å². The second-order valence-electron chi connectivity index (χ2n) is 6.93. The van der Waals surface area contributed by atoms with Crippen LogP contribution in [0, 0.1) is 12.8 Å². The predicted molar refractivity (Wildman–Crippen MR) is 92.9 cm³/mol. The molecule has 3 heterocycles. The lowest BCUT2D eigenvalue weighted by Gasteiger charge is -2.30. The number of aryl methyl sites for hydroxylation is 1. The van der Waals surface area contributed by atoms with Crippen LogP contribution in [0.2, 0.25) is 0 Å². The quantitative estimate of drug-likeness (QED) is 0.848. The summed E-state index contributed by atoms with van der Waals surface area (Å²) in [5.41, 5.74) is 0.660. The Morgan fingerprint density at radius 2 is 2.08 bits per heavy atom. The first-order valence-corrected chi connectivity index (χ1v) is 8.78. The van der Waals surface area contributed by atoms with Gasteiger partial charge in [-0.3, -0.25) is 14.7 Å². The Kier molecular flexibility index (Phi) is 5.43.